The topological polar surface area (TPSA) is 75.7 Å². The molecule has 0 N–H and O–H groups in total. The Balaban J connectivity index is 3.16. The third-order valence-corrected chi connectivity index (χ3v) is 6.16. The van der Waals surface area contributed by atoms with Gasteiger partial charge in [-0.25, -0.2) is 4.79 Å². The molecule has 8 heteroatoms. The average Bonchev–Trinajstić information content (AvgIpc) is 2.89. The van der Waals surface area contributed by atoms with Crippen molar-refractivity contribution in [2.45, 2.75) is 117 Å². The first kappa shape index (κ1) is 38.1. The zero-order valence-corrected chi connectivity index (χ0v) is 26.3. The van der Waals surface area contributed by atoms with E-state index < -0.39 is 5.60 Å². The highest BCUT2D eigenvalue weighted by atomic mass is 16.6. The maximum atomic E-state index is 11.8. The van der Waals surface area contributed by atoms with E-state index >= 15 is 0 Å². The molecule has 39 heavy (non-hydrogen) atoms. The Morgan fingerprint density at radius 1 is 0.513 bits per heavy atom. The van der Waals surface area contributed by atoms with E-state index in [0.717, 1.165) is 13.0 Å². The van der Waals surface area contributed by atoms with Gasteiger partial charge in [-0.2, -0.15) is 0 Å². The van der Waals surface area contributed by atoms with Crippen molar-refractivity contribution in [3.05, 3.63) is 0 Å². The smallest absolute Gasteiger partial charge is 0.410 e. The van der Waals surface area contributed by atoms with E-state index in [1.54, 1.807) is 7.05 Å². The summed E-state index contributed by atoms with van der Waals surface area (Å²) in [7, 11) is 1.70. The molecule has 0 aromatic carbocycles. The molecule has 8 nitrogen and oxygen atoms in total. The van der Waals surface area contributed by atoms with Gasteiger partial charge >= 0.3 is 6.09 Å². The molecule has 0 bridgehead atoms. The van der Waals surface area contributed by atoms with Crippen molar-refractivity contribution in [2.24, 2.45) is 0 Å². The third kappa shape index (κ3) is 31.5. The quantitative estimate of drug-likeness (QED) is 0.0908. The standard InChI is InChI=1S/C31H63NO7/c1-6-7-8-9-10-11-12-13-14-15-16-17-18-20-34-22-24-36-26-28-38-29-27-37-25-23-35-21-19-32(5)30(33)39-31(2,3)4/h6-29H2,1-5H3. The van der Waals surface area contributed by atoms with Crippen LogP contribution in [-0.2, 0) is 28.4 Å². The molecular weight excluding hydrogens is 498 g/mol. The molecule has 0 rings (SSSR count). The van der Waals surface area contributed by atoms with E-state index in [9.17, 15) is 4.79 Å². The first-order chi connectivity index (χ1) is 18.9. The molecular formula is C31H63NO7. The van der Waals surface area contributed by atoms with Crippen LogP contribution in [0.15, 0.2) is 0 Å². The first-order valence-electron chi connectivity index (χ1n) is 15.7. The van der Waals surface area contributed by atoms with Crippen LogP contribution in [0.2, 0.25) is 0 Å². The van der Waals surface area contributed by atoms with Gasteiger partial charge in [-0.05, 0) is 27.2 Å². The van der Waals surface area contributed by atoms with Crippen molar-refractivity contribution in [1.29, 1.82) is 0 Å². The number of hydrogen-bond acceptors (Lipinski definition) is 7. The molecule has 0 spiro atoms. The minimum absolute atomic E-state index is 0.346. The van der Waals surface area contributed by atoms with Gasteiger partial charge in [0.1, 0.15) is 5.60 Å². The fourth-order valence-corrected chi connectivity index (χ4v) is 3.84. The summed E-state index contributed by atoms with van der Waals surface area (Å²) in [6.45, 7) is 14.0. The van der Waals surface area contributed by atoms with Gasteiger partial charge in [0.25, 0.3) is 0 Å². The molecule has 0 saturated carbocycles. The van der Waals surface area contributed by atoms with Crippen LogP contribution in [0.25, 0.3) is 0 Å². The number of unbranched alkanes of at least 4 members (excludes halogenated alkanes) is 12. The summed E-state index contributed by atoms with van der Waals surface area (Å²) in [4.78, 5) is 13.3. The average molecular weight is 562 g/mol. The molecule has 0 radical (unpaired) electrons. The molecule has 0 unspecified atom stereocenters. The zero-order chi connectivity index (χ0) is 28.9. The summed E-state index contributed by atoms with van der Waals surface area (Å²) >= 11 is 0. The molecule has 0 atom stereocenters. The number of carbonyl (C=O) groups is 1. The number of ether oxygens (including phenoxy) is 6. The van der Waals surface area contributed by atoms with Gasteiger partial charge in [0.2, 0.25) is 0 Å². The maximum absolute atomic E-state index is 11.8. The summed E-state index contributed by atoms with van der Waals surface area (Å²) in [5.41, 5.74) is -0.492. The van der Waals surface area contributed by atoms with E-state index in [4.69, 9.17) is 28.4 Å². The van der Waals surface area contributed by atoms with E-state index in [0.29, 0.717) is 66.0 Å². The minimum Gasteiger partial charge on any atom is -0.444 e. The number of amides is 1. The minimum atomic E-state index is -0.492. The second-order valence-corrected chi connectivity index (χ2v) is 11.2. The Morgan fingerprint density at radius 2 is 0.846 bits per heavy atom. The van der Waals surface area contributed by atoms with Crippen LogP contribution in [-0.4, -0.2) is 96.3 Å². The number of hydrogen-bond donors (Lipinski definition) is 0. The van der Waals surface area contributed by atoms with Crippen molar-refractivity contribution in [3.8, 4) is 0 Å². The molecule has 0 aromatic rings. The van der Waals surface area contributed by atoms with Crippen molar-refractivity contribution in [3.63, 3.8) is 0 Å². The normalized spacial score (nSPS) is 11.7. The van der Waals surface area contributed by atoms with Crippen LogP contribution in [0.3, 0.4) is 0 Å². The van der Waals surface area contributed by atoms with Gasteiger partial charge < -0.3 is 33.3 Å². The molecule has 0 saturated heterocycles. The molecule has 0 heterocycles. The van der Waals surface area contributed by atoms with Crippen molar-refractivity contribution in [1.82, 2.24) is 4.90 Å². The summed E-state index contributed by atoms with van der Waals surface area (Å²) in [5.74, 6) is 0. The van der Waals surface area contributed by atoms with Gasteiger partial charge in [0.05, 0.1) is 59.5 Å². The van der Waals surface area contributed by atoms with Gasteiger partial charge in [0, 0.05) is 20.2 Å². The predicted octanol–water partition coefficient (Wildman–Crippen LogP) is 7.03. The molecule has 0 fully saturated rings. The molecule has 0 aliphatic rings. The first-order valence-corrected chi connectivity index (χ1v) is 15.7. The van der Waals surface area contributed by atoms with Crippen LogP contribution in [0, 0.1) is 0 Å². The van der Waals surface area contributed by atoms with Gasteiger partial charge in [0.15, 0.2) is 0 Å². The third-order valence-electron chi connectivity index (χ3n) is 6.16. The van der Waals surface area contributed by atoms with Crippen LogP contribution in [0.1, 0.15) is 111 Å². The number of nitrogens with zero attached hydrogens (tertiary/aromatic N) is 1. The fourth-order valence-electron chi connectivity index (χ4n) is 3.84. The Kier molecular flexibility index (Phi) is 27.9. The lowest BCUT2D eigenvalue weighted by Gasteiger charge is -2.24. The summed E-state index contributed by atoms with van der Waals surface area (Å²) in [6.07, 6.45) is 17.4. The Hall–Kier alpha value is -0.930. The maximum Gasteiger partial charge on any atom is 0.410 e. The highest BCUT2D eigenvalue weighted by molar-refractivity contribution is 5.67. The number of carbonyl (C=O) groups excluding carboxylic acids is 1. The summed E-state index contributed by atoms with van der Waals surface area (Å²) in [6, 6.07) is 0. The largest absolute Gasteiger partial charge is 0.444 e. The molecule has 234 valence electrons. The zero-order valence-electron chi connectivity index (χ0n) is 26.3. The Morgan fingerprint density at radius 3 is 1.23 bits per heavy atom. The lowest BCUT2D eigenvalue weighted by molar-refractivity contribution is -0.0132. The molecule has 0 aliphatic carbocycles. The number of likely N-dealkylation sites (N-methyl/N-ethyl adjacent to an activating group) is 1. The van der Waals surface area contributed by atoms with Crippen LogP contribution < -0.4 is 0 Å². The second kappa shape index (κ2) is 28.6. The van der Waals surface area contributed by atoms with Gasteiger partial charge in [-0.15, -0.1) is 0 Å². The molecule has 0 aliphatic heterocycles. The second-order valence-electron chi connectivity index (χ2n) is 11.2. The fraction of sp³-hybridized carbons (Fsp3) is 0.968. The summed E-state index contributed by atoms with van der Waals surface area (Å²) < 4.78 is 33.0. The number of rotatable bonds is 29. The van der Waals surface area contributed by atoms with E-state index in [1.165, 1.54) is 81.9 Å². The van der Waals surface area contributed by atoms with Crippen LogP contribution in [0.5, 0.6) is 0 Å². The summed E-state index contributed by atoms with van der Waals surface area (Å²) in [5, 5.41) is 0. The predicted molar refractivity (Wildman–Crippen MR) is 159 cm³/mol. The van der Waals surface area contributed by atoms with E-state index in [1.807, 2.05) is 20.8 Å². The molecule has 0 aromatic heterocycles. The van der Waals surface area contributed by atoms with Crippen LogP contribution >= 0.6 is 0 Å². The van der Waals surface area contributed by atoms with Crippen LogP contribution in [0.4, 0.5) is 4.79 Å². The van der Waals surface area contributed by atoms with Gasteiger partial charge in [-0.3, -0.25) is 0 Å². The van der Waals surface area contributed by atoms with E-state index in [2.05, 4.69) is 6.92 Å². The van der Waals surface area contributed by atoms with Crippen molar-refractivity contribution >= 4 is 6.09 Å². The Bertz CT molecular complexity index is 514. The van der Waals surface area contributed by atoms with Gasteiger partial charge in [-0.1, -0.05) is 84.0 Å². The molecule has 1 amide bonds. The monoisotopic (exact) mass is 561 g/mol. The van der Waals surface area contributed by atoms with Crippen molar-refractivity contribution in [2.75, 3.05) is 79.7 Å². The SMILES string of the molecule is CCCCCCCCCCCCCCCOCCOCCOCCOCCOCCN(C)C(=O)OC(C)(C)C. The van der Waals surface area contributed by atoms with Crippen molar-refractivity contribution < 1.29 is 33.2 Å². The lowest BCUT2D eigenvalue weighted by atomic mass is 10.0. The Labute approximate surface area is 240 Å². The highest BCUT2D eigenvalue weighted by Crippen LogP contribution is 2.12. The highest BCUT2D eigenvalue weighted by Gasteiger charge is 2.19. The van der Waals surface area contributed by atoms with E-state index in [-0.39, 0.29) is 6.09 Å². The lowest BCUT2D eigenvalue weighted by Crippen LogP contribution is -2.36.